The van der Waals surface area contributed by atoms with Crippen molar-refractivity contribution < 1.29 is 19.1 Å². The van der Waals surface area contributed by atoms with Crippen LogP contribution in [0.5, 0.6) is 0 Å². The maximum absolute atomic E-state index is 13.3. The molecular formula is C29H40N2O4. The van der Waals surface area contributed by atoms with Crippen molar-refractivity contribution in [1.82, 2.24) is 9.80 Å². The number of carbonyl (C=O) groups is 2. The first kappa shape index (κ1) is 23.2. The van der Waals surface area contributed by atoms with Gasteiger partial charge in [0, 0.05) is 31.6 Å². The van der Waals surface area contributed by atoms with Gasteiger partial charge in [0.2, 0.25) is 0 Å². The highest BCUT2D eigenvalue weighted by Gasteiger charge is 2.51. The van der Waals surface area contributed by atoms with E-state index in [1.807, 2.05) is 36.6 Å². The van der Waals surface area contributed by atoms with Gasteiger partial charge in [0.05, 0.1) is 0 Å². The minimum Gasteiger partial charge on any atom is -0.446 e. The first-order valence-corrected chi connectivity index (χ1v) is 13.7. The molecule has 4 aliphatic carbocycles. The lowest BCUT2D eigenvalue weighted by Gasteiger charge is -2.54. The van der Waals surface area contributed by atoms with Gasteiger partial charge in [-0.2, -0.15) is 0 Å². The lowest BCUT2D eigenvalue weighted by atomic mass is 9.55. The third-order valence-electron chi connectivity index (χ3n) is 9.45. The molecule has 5 fully saturated rings. The predicted molar refractivity (Wildman–Crippen MR) is 133 cm³/mol. The highest BCUT2D eigenvalue weighted by atomic mass is 16.6. The van der Waals surface area contributed by atoms with E-state index < -0.39 is 5.60 Å². The fourth-order valence-corrected chi connectivity index (χ4v) is 8.15. The summed E-state index contributed by atoms with van der Waals surface area (Å²) in [7, 11) is 0. The molecule has 4 saturated carbocycles. The average Bonchev–Trinajstić information content (AvgIpc) is 2.80. The summed E-state index contributed by atoms with van der Waals surface area (Å²) < 4.78 is 11.9. The van der Waals surface area contributed by atoms with E-state index in [4.69, 9.17) is 9.47 Å². The molecule has 0 radical (unpaired) electrons. The highest BCUT2D eigenvalue weighted by molar-refractivity contribution is 5.70. The summed E-state index contributed by atoms with van der Waals surface area (Å²) in [6, 6.07) is 8.48. The summed E-state index contributed by atoms with van der Waals surface area (Å²) in [6.45, 7) is 8.28. The molecule has 1 spiro atoms. The van der Waals surface area contributed by atoms with Gasteiger partial charge in [-0.25, -0.2) is 9.59 Å². The van der Waals surface area contributed by atoms with Gasteiger partial charge in [-0.3, -0.25) is 0 Å². The van der Waals surface area contributed by atoms with Gasteiger partial charge >= 0.3 is 12.2 Å². The monoisotopic (exact) mass is 480 g/mol. The topological polar surface area (TPSA) is 59.1 Å². The Hall–Kier alpha value is -2.24. The van der Waals surface area contributed by atoms with Crippen LogP contribution < -0.4 is 0 Å². The molecule has 1 aromatic rings. The van der Waals surface area contributed by atoms with E-state index in [2.05, 4.69) is 18.2 Å². The van der Waals surface area contributed by atoms with Crippen LogP contribution >= 0.6 is 0 Å². The number of likely N-dealkylation sites (tertiary alicyclic amines) is 1. The van der Waals surface area contributed by atoms with Gasteiger partial charge in [-0.1, -0.05) is 24.3 Å². The second kappa shape index (κ2) is 8.41. The fourth-order valence-electron chi connectivity index (χ4n) is 8.15. The smallest absolute Gasteiger partial charge is 0.410 e. The summed E-state index contributed by atoms with van der Waals surface area (Å²) in [5.41, 5.74) is 1.85. The SMILES string of the molecule is CC(C)(C)OC(=O)N1Cc2ccccc2C2(CCN(C(=O)OC3C4CC5CC(C4)CC3C5)CC2)C1. The van der Waals surface area contributed by atoms with Crippen molar-refractivity contribution in [3.8, 4) is 0 Å². The maximum Gasteiger partial charge on any atom is 0.410 e. The molecule has 7 rings (SSSR count). The molecule has 0 atom stereocenters. The molecule has 2 aliphatic heterocycles. The zero-order chi connectivity index (χ0) is 24.4. The van der Waals surface area contributed by atoms with Gasteiger partial charge in [0.25, 0.3) is 0 Å². The van der Waals surface area contributed by atoms with E-state index in [9.17, 15) is 9.59 Å². The van der Waals surface area contributed by atoms with Crippen LogP contribution in [0.3, 0.4) is 0 Å². The van der Waals surface area contributed by atoms with E-state index in [0.29, 0.717) is 38.0 Å². The first-order valence-electron chi connectivity index (χ1n) is 13.7. The predicted octanol–water partition coefficient (Wildman–Crippen LogP) is 5.73. The number of benzene rings is 1. The quantitative estimate of drug-likeness (QED) is 0.515. The number of rotatable bonds is 1. The number of fused-ring (bicyclic) bond motifs is 2. The summed E-state index contributed by atoms with van der Waals surface area (Å²) in [5, 5.41) is 0. The van der Waals surface area contributed by atoms with Crippen molar-refractivity contribution in [1.29, 1.82) is 0 Å². The summed E-state index contributed by atoms with van der Waals surface area (Å²) in [5.74, 6) is 2.92. The average molecular weight is 481 g/mol. The molecule has 190 valence electrons. The molecule has 2 heterocycles. The normalized spacial score (nSPS) is 32.9. The third-order valence-corrected chi connectivity index (χ3v) is 9.45. The largest absolute Gasteiger partial charge is 0.446 e. The number of carbonyl (C=O) groups excluding carboxylic acids is 2. The van der Waals surface area contributed by atoms with E-state index >= 15 is 0 Å². The molecule has 0 unspecified atom stereocenters. The molecule has 0 aromatic heterocycles. The Morgan fingerprint density at radius 2 is 1.51 bits per heavy atom. The minimum absolute atomic E-state index is 0.120. The van der Waals surface area contributed by atoms with Gasteiger partial charge in [-0.15, -0.1) is 0 Å². The van der Waals surface area contributed by atoms with Crippen LogP contribution in [-0.2, 0) is 21.4 Å². The Kier molecular flexibility index (Phi) is 5.57. The molecule has 6 aliphatic rings. The summed E-state index contributed by atoms with van der Waals surface area (Å²) in [4.78, 5) is 30.0. The van der Waals surface area contributed by atoms with Gasteiger partial charge in [-0.05, 0) is 101 Å². The molecule has 6 nitrogen and oxygen atoms in total. The highest BCUT2D eigenvalue weighted by Crippen LogP contribution is 2.55. The first-order chi connectivity index (χ1) is 16.7. The Morgan fingerprint density at radius 3 is 2.14 bits per heavy atom. The molecule has 1 saturated heterocycles. The number of amides is 2. The van der Waals surface area contributed by atoms with E-state index in [1.165, 1.54) is 43.2 Å². The Labute approximate surface area is 209 Å². The second-order valence-corrected chi connectivity index (χ2v) is 13.0. The van der Waals surface area contributed by atoms with Crippen LogP contribution in [0.15, 0.2) is 24.3 Å². The molecule has 6 heteroatoms. The number of ether oxygens (including phenoxy) is 2. The fraction of sp³-hybridized carbons (Fsp3) is 0.724. The number of piperidine rings is 1. The van der Waals surface area contributed by atoms with Crippen molar-refractivity contribution in [2.24, 2.45) is 23.7 Å². The van der Waals surface area contributed by atoms with Crippen LogP contribution in [0.4, 0.5) is 9.59 Å². The van der Waals surface area contributed by atoms with Crippen LogP contribution in [0, 0.1) is 23.7 Å². The Balaban J connectivity index is 1.14. The second-order valence-electron chi connectivity index (χ2n) is 13.0. The van der Waals surface area contributed by atoms with E-state index in [1.54, 1.807) is 0 Å². The summed E-state index contributed by atoms with van der Waals surface area (Å²) in [6.07, 6.45) is 7.85. The molecule has 4 bridgehead atoms. The maximum atomic E-state index is 13.3. The third kappa shape index (κ3) is 4.31. The van der Waals surface area contributed by atoms with Gasteiger partial charge < -0.3 is 19.3 Å². The van der Waals surface area contributed by atoms with E-state index in [0.717, 1.165) is 24.7 Å². The number of hydrogen-bond donors (Lipinski definition) is 0. The van der Waals surface area contributed by atoms with Crippen LogP contribution in [0.2, 0.25) is 0 Å². The Bertz CT molecular complexity index is 963. The van der Waals surface area contributed by atoms with E-state index in [-0.39, 0.29) is 23.7 Å². The van der Waals surface area contributed by atoms with Crippen molar-refractivity contribution in [2.75, 3.05) is 19.6 Å². The minimum atomic E-state index is -0.522. The lowest BCUT2D eigenvalue weighted by Crippen LogP contribution is -2.56. The Morgan fingerprint density at radius 1 is 0.886 bits per heavy atom. The van der Waals surface area contributed by atoms with Crippen molar-refractivity contribution >= 4 is 12.2 Å². The zero-order valence-corrected chi connectivity index (χ0v) is 21.5. The van der Waals surface area contributed by atoms with Crippen molar-refractivity contribution in [3.05, 3.63) is 35.4 Å². The van der Waals surface area contributed by atoms with Crippen molar-refractivity contribution in [2.45, 2.75) is 89.4 Å². The van der Waals surface area contributed by atoms with Crippen molar-refractivity contribution in [3.63, 3.8) is 0 Å². The number of nitrogens with zero attached hydrogens (tertiary/aromatic N) is 2. The van der Waals surface area contributed by atoms with Crippen LogP contribution in [0.1, 0.15) is 76.8 Å². The van der Waals surface area contributed by atoms with Crippen LogP contribution in [0.25, 0.3) is 0 Å². The lowest BCUT2D eigenvalue weighted by molar-refractivity contribution is -0.104. The van der Waals surface area contributed by atoms with Crippen LogP contribution in [-0.4, -0.2) is 53.3 Å². The number of hydrogen-bond acceptors (Lipinski definition) is 4. The molecule has 35 heavy (non-hydrogen) atoms. The summed E-state index contributed by atoms with van der Waals surface area (Å²) >= 11 is 0. The van der Waals surface area contributed by atoms with Gasteiger partial charge in [0.15, 0.2) is 0 Å². The molecular weight excluding hydrogens is 440 g/mol. The zero-order valence-electron chi connectivity index (χ0n) is 21.5. The molecule has 1 aromatic carbocycles. The molecule has 2 amide bonds. The standard InChI is InChI=1S/C29H40N2O4/c1-28(2,3)35-27(33)31-17-21-6-4-5-7-24(21)29(18-31)8-10-30(11-9-29)26(32)34-25-22-13-19-12-20(15-22)16-23(25)14-19/h4-7,19-20,22-23,25H,8-18H2,1-3H3. The van der Waals surface area contributed by atoms with Gasteiger partial charge in [0.1, 0.15) is 11.7 Å². The molecule has 0 N–H and O–H groups in total.